The fourth-order valence-corrected chi connectivity index (χ4v) is 4.02. The zero-order valence-corrected chi connectivity index (χ0v) is 21.3. The second-order valence-corrected chi connectivity index (χ2v) is 8.22. The maximum atomic E-state index is 13.2. The topological polar surface area (TPSA) is 78.9 Å². The molecule has 1 aromatic heterocycles. The summed E-state index contributed by atoms with van der Waals surface area (Å²) in [6.45, 7) is 8.40. The smallest absolute Gasteiger partial charge is 0.232 e. The zero-order chi connectivity index (χ0) is 21.2. The zero-order valence-electron chi connectivity index (χ0n) is 18.2. The van der Waals surface area contributed by atoms with Crippen LogP contribution >= 0.6 is 35.3 Å². The van der Waals surface area contributed by atoms with Crippen LogP contribution in [-0.4, -0.2) is 67.7 Å². The highest BCUT2D eigenvalue weighted by Gasteiger charge is 2.27. The molecule has 1 aromatic carbocycles. The number of aliphatic imine (C=N–C) groups is 1. The third-order valence-electron chi connectivity index (χ3n) is 4.94. The van der Waals surface area contributed by atoms with Crippen molar-refractivity contribution in [3.8, 4) is 0 Å². The molecule has 31 heavy (non-hydrogen) atoms. The summed E-state index contributed by atoms with van der Waals surface area (Å²) in [7, 11) is 0. The van der Waals surface area contributed by atoms with Gasteiger partial charge in [0, 0.05) is 38.0 Å². The first-order valence-corrected chi connectivity index (χ1v) is 11.4. The average molecular weight is 558 g/mol. The first kappa shape index (κ1) is 25.5. The molecular formula is C22H32IN5O2S. The van der Waals surface area contributed by atoms with Gasteiger partial charge in [0.25, 0.3) is 0 Å². The van der Waals surface area contributed by atoms with Gasteiger partial charge in [-0.2, -0.15) is 0 Å². The Morgan fingerprint density at radius 2 is 2.00 bits per heavy atom. The fourth-order valence-electron chi connectivity index (χ4n) is 3.37. The largest absolute Gasteiger partial charge is 0.378 e. The number of aromatic nitrogens is 1. The molecule has 0 spiro atoms. The number of hydrogen-bond acceptors (Lipinski definition) is 5. The Bertz CT molecular complexity index is 824. The van der Waals surface area contributed by atoms with Gasteiger partial charge in [-0.3, -0.25) is 9.79 Å². The lowest BCUT2D eigenvalue weighted by molar-refractivity contribution is -0.136. The van der Waals surface area contributed by atoms with Crippen molar-refractivity contribution >= 4 is 47.2 Å². The number of hydrogen-bond donors (Lipinski definition) is 2. The molecule has 2 heterocycles. The molecule has 9 heteroatoms. The predicted molar refractivity (Wildman–Crippen MR) is 137 cm³/mol. The Hall–Kier alpha value is -1.72. The molecule has 7 nitrogen and oxygen atoms in total. The van der Waals surface area contributed by atoms with E-state index in [-0.39, 0.29) is 35.8 Å². The van der Waals surface area contributed by atoms with Crippen molar-refractivity contribution in [2.24, 2.45) is 4.99 Å². The number of halogens is 1. The quantitative estimate of drug-likeness (QED) is 0.297. The number of ether oxygens (including phenoxy) is 1. The van der Waals surface area contributed by atoms with Gasteiger partial charge in [0.05, 0.1) is 36.4 Å². The SMILES string of the molecule is CCNC(=NCC(C(=O)N1CCOCC1)c1ccccc1)NCCc1csc(C)n1.I. The van der Waals surface area contributed by atoms with Crippen LogP contribution in [0, 0.1) is 6.92 Å². The summed E-state index contributed by atoms with van der Waals surface area (Å²) in [6.07, 6.45) is 0.837. The summed E-state index contributed by atoms with van der Waals surface area (Å²) in [4.78, 5) is 24.4. The lowest BCUT2D eigenvalue weighted by Crippen LogP contribution is -2.44. The summed E-state index contributed by atoms with van der Waals surface area (Å²) < 4.78 is 5.40. The summed E-state index contributed by atoms with van der Waals surface area (Å²) >= 11 is 1.67. The van der Waals surface area contributed by atoms with E-state index in [2.05, 4.69) is 21.0 Å². The molecule has 0 saturated carbocycles. The Labute approximate surface area is 205 Å². The molecule has 2 aromatic rings. The second-order valence-electron chi connectivity index (χ2n) is 7.16. The second kappa shape index (κ2) is 13.6. The number of carbonyl (C=O) groups excluding carboxylic acids is 1. The highest BCUT2D eigenvalue weighted by Crippen LogP contribution is 2.20. The maximum absolute atomic E-state index is 13.2. The van der Waals surface area contributed by atoms with E-state index in [1.54, 1.807) is 11.3 Å². The van der Waals surface area contributed by atoms with Gasteiger partial charge in [0.2, 0.25) is 5.91 Å². The van der Waals surface area contributed by atoms with Gasteiger partial charge in [-0.25, -0.2) is 4.98 Å². The predicted octanol–water partition coefficient (Wildman–Crippen LogP) is 2.81. The van der Waals surface area contributed by atoms with Crippen molar-refractivity contribution in [1.29, 1.82) is 0 Å². The van der Waals surface area contributed by atoms with E-state index in [0.29, 0.717) is 32.8 Å². The van der Waals surface area contributed by atoms with E-state index in [0.717, 1.165) is 41.7 Å². The molecule has 1 amide bonds. The minimum absolute atomic E-state index is 0. The molecular weight excluding hydrogens is 525 g/mol. The summed E-state index contributed by atoms with van der Waals surface area (Å²) in [5.41, 5.74) is 2.08. The first-order valence-electron chi connectivity index (χ1n) is 10.5. The third kappa shape index (κ3) is 8.04. The average Bonchev–Trinajstić information content (AvgIpc) is 3.20. The van der Waals surface area contributed by atoms with E-state index in [1.807, 2.05) is 49.1 Å². The van der Waals surface area contributed by atoms with Crippen LogP contribution in [0.1, 0.15) is 29.1 Å². The van der Waals surface area contributed by atoms with Gasteiger partial charge in [0.1, 0.15) is 0 Å². The van der Waals surface area contributed by atoms with Gasteiger partial charge in [-0.05, 0) is 19.4 Å². The standard InChI is InChI=1S/C22H31N5O2S.HI/c1-3-23-22(24-10-9-19-16-30-17(2)26-19)25-15-20(18-7-5-4-6-8-18)21(28)27-11-13-29-14-12-27;/h4-8,16,20H,3,9-15H2,1-2H3,(H2,23,24,25);1H. The van der Waals surface area contributed by atoms with Crippen LogP contribution in [0.15, 0.2) is 40.7 Å². The number of benzene rings is 1. The Morgan fingerprint density at radius 3 is 2.65 bits per heavy atom. The van der Waals surface area contributed by atoms with Crippen molar-refractivity contribution in [2.45, 2.75) is 26.2 Å². The Morgan fingerprint density at radius 1 is 1.26 bits per heavy atom. The van der Waals surface area contributed by atoms with Crippen LogP contribution in [0.2, 0.25) is 0 Å². The molecule has 1 atom stereocenters. The highest BCUT2D eigenvalue weighted by molar-refractivity contribution is 14.0. The molecule has 0 bridgehead atoms. The Kier molecular flexibility index (Phi) is 11.2. The van der Waals surface area contributed by atoms with Crippen LogP contribution in [0.4, 0.5) is 0 Å². The van der Waals surface area contributed by atoms with E-state index in [4.69, 9.17) is 9.73 Å². The fraction of sp³-hybridized carbons (Fsp3) is 0.500. The number of nitrogens with one attached hydrogen (secondary N) is 2. The van der Waals surface area contributed by atoms with Crippen LogP contribution in [0.3, 0.4) is 0 Å². The molecule has 1 saturated heterocycles. The number of nitrogens with zero attached hydrogens (tertiary/aromatic N) is 3. The Balaban J connectivity index is 0.00000341. The molecule has 3 rings (SSSR count). The van der Waals surface area contributed by atoms with E-state index in [9.17, 15) is 4.79 Å². The number of carbonyl (C=O) groups is 1. The minimum Gasteiger partial charge on any atom is -0.378 e. The number of aryl methyl sites for hydroxylation is 1. The van der Waals surface area contributed by atoms with Crippen LogP contribution in [0.25, 0.3) is 0 Å². The monoisotopic (exact) mass is 557 g/mol. The number of thiazole rings is 1. The van der Waals surface area contributed by atoms with Crippen molar-refractivity contribution < 1.29 is 9.53 Å². The molecule has 2 N–H and O–H groups in total. The van der Waals surface area contributed by atoms with Crippen LogP contribution in [-0.2, 0) is 16.0 Å². The van der Waals surface area contributed by atoms with Crippen molar-refractivity contribution in [3.05, 3.63) is 52.0 Å². The number of guanidine groups is 1. The molecule has 1 aliphatic rings. The van der Waals surface area contributed by atoms with Crippen LogP contribution < -0.4 is 10.6 Å². The molecule has 0 radical (unpaired) electrons. The van der Waals surface area contributed by atoms with E-state index in [1.165, 1.54) is 0 Å². The normalized spacial score (nSPS) is 15.2. The lowest BCUT2D eigenvalue weighted by atomic mass is 9.97. The van der Waals surface area contributed by atoms with Gasteiger partial charge in [-0.15, -0.1) is 35.3 Å². The lowest BCUT2D eigenvalue weighted by Gasteiger charge is -2.30. The minimum atomic E-state index is -0.305. The first-order chi connectivity index (χ1) is 14.7. The summed E-state index contributed by atoms with van der Waals surface area (Å²) in [6, 6.07) is 9.91. The summed E-state index contributed by atoms with van der Waals surface area (Å²) in [5, 5.41) is 9.81. The molecule has 0 aliphatic carbocycles. The molecule has 170 valence electrons. The highest BCUT2D eigenvalue weighted by atomic mass is 127. The van der Waals surface area contributed by atoms with E-state index < -0.39 is 0 Å². The van der Waals surface area contributed by atoms with Crippen molar-refractivity contribution in [1.82, 2.24) is 20.5 Å². The van der Waals surface area contributed by atoms with Gasteiger partial charge >= 0.3 is 0 Å². The van der Waals surface area contributed by atoms with Gasteiger partial charge in [0.15, 0.2) is 5.96 Å². The van der Waals surface area contributed by atoms with E-state index >= 15 is 0 Å². The molecule has 1 unspecified atom stereocenters. The van der Waals surface area contributed by atoms with Crippen LogP contribution in [0.5, 0.6) is 0 Å². The number of amides is 1. The maximum Gasteiger partial charge on any atom is 0.232 e. The number of rotatable bonds is 8. The van der Waals surface area contributed by atoms with Crippen molar-refractivity contribution in [3.63, 3.8) is 0 Å². The third-order valence-corrected chi connectivity index (χ3v) is 5.76. The molecule has 1 aliphatic heterocycles. The van der Waals surface area contributed by atoms with Gasteiger partial charge < -0.3 is 20.3 Å². The molecule has 1 fully saturated rings. The van der Waals surface area contributed by atoms with Crippen molar-refractivity contribution in [2.75, 3.05) is 45.9 Å². The number of morpholine rings is 1. The summed E-state index contributed by atoms with van der Waals surface area (Å²) in [5.74, 6) is 0.531. The van der Waals surface area contributed by atoms with Gasteiger partial charge in [-0.1, -0.05) is 30.3 Å².